The van der Waals surface area contributed by atoms with Gasteiger partial charge in [-0.1, -0.05) is 41.4 Å². The third-order valence-electron chi connectivity index (χ3n) is 4.65. The molecule has 1 heterocycles. The van der Waals surface area contributed by atoms with E-state index in [0.29, 0.717) is 22.3 Å². The van der Waals surface area contributed by atoms with Gasteiger partial charge in [0.2, 0.25) is 5.91 Å². The Balaban J connectivity index is 1.46. The topological polar surface area (TPSA) is 42.0 Å². The first-order valence-corrected chi connectivity index (χ1v) is 10.0. The number of anilines is 1. The van der Waals surface area contributed by atoms with E-state index in [2.05, 4.69) is 29.2 Å². The summed E-state index contributed by atoms with van der Waals surface area (Å²) in [5.41, 5.74) is 2.28. The Morgan fingerprint density at radius 1 is 1.14 bits per heavy atom. The van der Waals surface area contributed by atoms with Crippen LogP contribution in [0.2, 0.25) is 10.0 Å². The molecule has 1 fully saturated rings. The molecule has 0 radical (unpaired) electrons. The predicted octanol–water partition coefficient (Wildman–Crippen LogP) is 4.26. The number of ether oxygens (including phenoxy) is 2. The molecule has 7 heteroatoms. The second kappa shape index (κ2) is 10.0. The minimum absolute atomic E-state index is 0.00964. The number of morpholine rings is 1. The minimum Gasteiger partial charge on any atom is -0.491 e. The van der Waals surface area contributed by atoms with Crippen molar-refractivity contribution in [3.63, 3.8) is 0 Å². The lowest BCUT2D eigenvalue weighted by Gasteiger charge is -2.29. The Kier molecular flexibility index (Phi) is 7.43. The maximum atomic E-state index is 12.4. The van der Waals surface area contributed by atoms with Crippen LogP contribution in [0, 0.1) is 0 Å². The van der Waals surface area contributed by atoms with E-state index in [1.165, 1.54) is 5.69 Å². The highest BCUT2D eigenvalue weighted by molar-refractivity contribution is 6.42. The van der Waals surface area contributed by atoms with E-state index in [4.69, 9.17) is 32.7 Å². The average molecular weight is 423 g/mol. The Morgan fingerprint density at radius 2 is 1.86 bits per heavy atom. The molecule has 1 amide bonds. The molecular weight excluding hydrogens is 399 g/mol. The lowest BCUT2D eigenvalue weighted by molar-refractivity contribution is -0.130. The molecule has 1 aliphatic rings. The van der Waals surface area contributed by atoms with Gasteiger partial charge in [0, 0.05) is 32.4 Å². The zero-order valence-corrected chi connectivity index (χ0v) is 17.4. The number of benzene rings is 2. The number of hydrogen-bond acceptors (Lipinski definition) is 4. The molecule has 0 bridgehead atoms. The van der Waals surface area contributed by atoms with E-state index >= 15 is 0 Å². The van der Waals surface area contributed by atoms with Gasteiger partial charge in [0.25, 0.3) is 0 Å². The summed E-state index contributed by atoms with van der Waals surface area (Å²) >= 11 is 12.0. The van der Waals surface area contributed by atoms with E-state index in [-0.39, 0.29) is 18.9 Å². The normalized spacial score (nSPS) is 14.0. The van der Waals surface area contributed by atoms with Crippen LogP contribution in [-0.4, -0.2) is 50.8 Å². The molecule has 3 rings (SSSR count). The lowest BCUT2D eigenvalue weighted by Crippen LogP contribution is -2.36. The van der Waals surface area contributed by atoms with Gasteiger partial charge in [-0.2, -0.15) is 0 Å². The highest BCUT2D eigenvalue weighted by Gasteiger charge is 2.13. The molecule has 5 nitrogen and oxygen atoms in total. The van der Waals surface area contributed by atoms with E-state index < -0.39 is 0 Å². The Hall–Kier alpha value is -1.95. The first kappa shape index (κ1) is 20.8. The molecule has 0 saturated carbocycles. The van der Waals surface area contributed by atoms with Gasteiger partial charge in [-0.3, -0.25) is 4.79 Å². The summed E-state index contributed by atoms with van der Waals surface area (Å²) < 4.78 is 11.0. The summed E-state index contributed by atoms with van der Waals surface area (Å²) in [6, 6.07) is 13.5. The summed E-state index contributed by atoms with van der Waals surface area (Å²) in [7, 11) is 1.80. The van der Waals surface area contributed by atoms with Crippen LogP contribution in [0.25, 0.3) is 0 Å². The number of rotatable bonds is 7. The first-order chi connectivity index (χ1) is 13.5. The van der Waals surface area contributed by atoms with E-state index in [1.807, 2.05) is 0 Å². The molecule has 28 heavy (non-hydrogen) atoms. The molecule has 0 aromatic heterocycles. The SMILES string of the molecule is CN(Cc1ccc(N2CCOCC2)cc1)C(=O)CCOc1cccc(Cl)c1Cl. The number of amides is 1. The fourth-order valence-electron chi connectivity index (χ4n) is 3.03. The summed E-state index contributed by atoms with van der Waals surface area (Å²) in [6.07, 6.45) is 0.269. The zero-order chi connectivity index (χ0) is 19.9. The third kappa shape index (κ3) is 5.53. The highest BCUT2D eigenvalue weighted by atomic mass is 35.5. The molecule has 150 valence electrons. The van der Waals surface area contributed by atoms with Crippen LogP contribution in [0.1, 0.15) is 12.0 Å². The van der Waals surface area contributed by atoms with Crippen molar-refractivity contribution in [3.05, 3.63) is 58.1 Å². The number of halogens is 2. The molecule has 0 unspecified atom stereocenters. The van der Waals surface area contributed by atoms with E-state index in [0.717, 1.165) is 31.9 Å². The highest BCUT2D eigenvalue weighted by Crippen LogP contribution is 2.31. The van der Waals surface area contributed by atoms with Gasteiger partial charge < -0.3 is 19.3 Å². The van der Waals surface area contributed by atoms with Gasteiger partial charge in [-0.15, -0.1) is 0 Å². The van der Waals surface area contributed by atoms with E-state index in [1.54, 1.807) is 30.1 Å². The number of hydrogen-bond donors (Lipinski definition) is 0. The predicted molar refractivity (Wildman–Crippen MR) is 113 cm³/mol. The van der Waals surface area contributed by atoms with Crippen LogP contribution >= 0.6 is 23.2 Å². The quantitative estimate of drug-likeness (QED) is 0.668. The Bertz CT molecular complexity index is 793. The van der Waals surface area contributed by atoms with Crippen molar-refractivity contribution >= 4 is 34.8 Å². The van der Waals surface area contributed by atoms with Gasteiger partial charge in [0.05, 0.1) is 31.3 Å². The van der Waals surface area contributed by atoms with Crippen molar-refractivity contribution in [2.45, 2.75) is 13.0 Å². The van der Waals surface area contributed by atoms with Crippen molar-refractivity contribution in [3.8, 4) is 5.75 Å². The monoisotopic (exact) mass is 422 g/mol. The second-order valence-electron chi connectivity index (χ2n) is 6.67. The van der Waals surface area contributed by atoms with Gasteiger partial charge in [-0.05, 0) is 29.8 Å². The number of carbonyl (C=O) groups excluding carboxylic acids is 1. The lowest BCUT2D eigenvalue weighted by atomic mass is 10.1. The van der Waals surface area contributed by atoms with Crippen molar-refractivity contribution in [2.75, 3.05) is 44.9 Å². The Labute approximate surface area is 175 Å². The van der Waals surface area contributed by atoms with Crippen LogP contribution in [0.15, 0.2) is 42.5 Å². The van der Waals surface area contributed by atoms with Crippen molar-refractivity contribution < 1.29 is 14.3 Å². The molecule has 0 atom stereocenters. The summed E-state index contributed by atoms with van der Waals surface area (Å²) in [5, 5.41) is 0.800. The van der Waals surface area contributed by atoms with Crippen molar-refractivity contribution in [1.82, 2.24) is 4.90 Å². The van der Waals surface area contributed by atoms with E-state index in [9.17, 15) is 4.79 Å². The van der Waals surface area contributed by atoms with Crippen LogP contribution in [0.5, 0.6) is 5.75 Å². The molecular formula is C21H24Cl2N2O3. The molecule has 0 N–H and O–H groups in total. The minimum atomic E-state index is 0.00964. The van der Waals surface area contributed by atoms with Crippen molar-refractivity contribution in [1.29, 1.82) is 0 Å². The standard InChI is InChI=1S/C21H24Cl2N2O3/c1-24(20(26)9-12-28-19-4-2-3-18(22)21(19)23)15-16-5-7-17(8-6-16)25-10-13-27-14-11-25/h2-8H,9-15H2,1H3. The van der Waals surface area contributed by atoms with Crippen LogP contribution in [0.3, 0.4) is 0 Å². The second-order valence-corrected chi connectivity index (χ2v) is 7.45. The number of nitrogens with zero attached hydrogens (tertiary/aromatic N) is 2. The molecule has 2 aromatic carbocycles. The number of carbonyl (C=O) groups is 1. The molecule has 1 saturated heterocycles. The largest absolute Gasteiger partial charge is 0.491 e. The molecule has 0 aliphatic carbocycles. The van der Waals surface area contributed by atoms with Gasteiger partial charge >= 0.3 is 0 Å². The van der Waals surface area contributed by atoms with Gasteiger partial charge in [0.1, 0.15) is 10.8 Å². The van der Waals surface area contributed by atoms with Gasteiger partial charge in [0.15, 0.2) is 0 Å². The summed E-state index contributed by atoms with van der Waals surface area (Å²) in [6.45, 7) is 4.16. The summed E-state index contributed by atoms with van der Waals surface area (Å²) in [5.74, 6) is 0.499. The van der Waals surface area contributed by atoms with Crippen LogP contribution in [-0.2, 0) is 16.1 Å². The maximum Gasteiger partial charge on any atom is 0.226 e. The molecule has 1 aliphatic heterocycles. The first-order valence-electron chi connectivity index (χ1n) is 9.27. The Morgan fingerprint density at radius 3 is 2.57 bits per heavy atom. The smallest absolute Gasteiger partial charge is 0.226 e. The average Bonchev–Trinajstić information content (AvgIpc) is 2.72. The molecule has 0 spiro atoms. The molecule has 2 aromatic rings. The third-order valence-corrected chi connectivity index (χ3v) is 5.45. The summed E-state index contributed by atoms with van der Waals surface area (Å²) in [4.78, 5) is 16.4. The van der Waals surface area contributed by atoms with Crippen molar-refractivity contribution in [2.24, 2.45) is 0 Å². The van der Waals surface area contributed by atoms with Crippen LogP contribution < -0.4 is 9.64 Å². The fraction of sp³-hybridized carbons (Fsp3) is 0.381. The van der Waals surface area contributed by atoms with Crippen LogP contribution in [0.4, 0.5) is 5.69 Å². The fourth-order valence-corrected chi connectivity index (χ4v) is 3.38. The van der Waals surface area contributed by atoms with Gasteiger partial charge in [-0.25, -0.2) is 0 Å². The zero-order valence-electron chi connectivity index (χ0n) is 15.9. The maximum absolute atomic E-state index is 12.4.